The fourth-order valence-corrected chi connectivity index (χ4v) is 5.49. The molecule has 0 spiro atoms. The molecule has 2 aromatic carbocycles. The van der Waals surface area contributed by atoms with Gasteiger partial charge >= 0.3 is 0 Å². The van der Waals surface area contributed by atoms with Crippen LogP contribution in [0, 0.1) is 0 Å². The Kier molecular flexibility index (Phi) is 6.83. The SMILES string of the molecule is CN1CCC(n2cc(-c3ccc(NC(=O)c4cccn(-c5cccc(Cl)c5)c4=O)cc3)c3c(N)ncnc32)CC1. The summed E-state index contributed by atoms with van der Waals surface area (Å²) in [6, 6.07) is 17.9. The number of aromatic nitrogens is 4. The highest BCUT2D eigenvalue weighted by atomic mass is 35.5. The van der Waals surface area contributed by atoms with Crippen molar-refractivity contribution in [3.05, 3.63) is 100 Å². The fourth-order valence-electron chi connectivity index (χ4n) is 5.31. The van der Waals surface area contributed by atoms with E-state index >= 15 is 0 Å². The Morgan fingerprint density at radius 1 is 1.05 bits per heavy atom. The summed E-state index contributed by atoms with van der Waals surface area (Å²) < 4.78 is 3.63. The van der Waals surface area contributed by atoms with Crippen LogP contribution in [0.5, 0.6) is 0 Å². The van der Waals surface area contributed by atoms with Gasteiger partial charge in [0.1, 0.15) is 23.4 Å². The molecule has 1 aliphatic rings. The summed E-state index contributed by atoms with van der Waals surface area (Å²) >= 11 is 6.09. The summed E-state index contributed by atoms with van der Waals surface area (Å²) in [7, 11) is 2.14. The number of likely N-dealkylation sites (tertiary alicyclic amines) is 1. The van der Waals surface area contributed by atoms with Gasteiger partial charge in [-0.25, -0.2) is 9.97 Å². The molecule has 0 saturated carbocycles. The van der Waals surface area contributed by atoms with Crippen molar-refractivity contribution >= 4 is 40.0 Å². The Bertz CT molecular complexity index is 1770. The molecule has 1 fully saturated rings. The number of hydrogen-bond donors (Lipinski definition) is 2. The number of amides is 1. The third kappa shape index (κ3) is 4.85. The number of pyridine rings is 1. The Balaban J connectivity index is 1.27. The van der Waals surface area contributed by atoms with Crippen LogP contribution >= 0.6 is 11.6 Å². The van der Waals surface area contributed by atoms with Crippen LogP contribution in [-0.2, 0) is 0 Å². The van der Waals surface area contributed by atoms with Gasteiger partial charge in [0.25, 0.3) is 11.5 Å². The molecule has 6 rings (SSSR count). The molecule has 0 bridgehead atoms. The van der Waals surface area contributed by atoms with Crippen molar-refractivity contribution < 1.29 is 4.79 Å². The zero-order chi connectivity index (χ0) is 27.8. The number of halogens is 1. The molecular weight excluding hydrogens is 526 g/mol. The smallest absolute Gasteiger partial charge is 0.267 e. The summed E-state index contributed by atoms with van der Waals surface area (Å²) in [5.74, 6) is -0.0604. The van der Waals surface area contributed by atoms with Crippen molar-refractivity contribution in [1.82, 2.24) is 24.0 Å². The van der Waals surface area contributed by atoms with E-state index in [1.165, 1.54) is 17.0 Å². The van der Waals surface area contributed by atoms with Crippen molar-refractivity contribution in [3.8, 4) is 16.8 Å². The predicted octanol–water partition coefficient (Wildman–Crippen LogP) is 5.00. The van der Waals surface area contributed by atoms with Crippen LogP contribution in [0.2, 0.25) is 5.02 Å². The Morgan fingerprint density at radius 2 is 1.82 bits per heavy atom. The number of nitrogens with one attached hydrogen (secondary N) is 1. The largest absolute Gasteiger partial charge is 0.383 e. The second-order valence-electron chi connectivity index (χ2n) is 10.1. The van der Waals surface area contributed by atoms with E-state index in [9.17, 15) is 9.59 Å². The maximum absolute atomic E-state index is 13.1. The van der Waals surface area contributed by atoms with E-state index in [1.54, 1.807) is 36.5 Å². The minimum Gasteiger partial charge on any atom is -0.383 e. The molecule has 0 radical (unpaired) electrons. The molecule has 0 aliphatic carbocycles. The highest BCUT2D eigenvalue weighted by Gasteiger charge is 2.23. The molecular formula is C30H28ClN7O2. The zero-order valence-electron chi connectivity index (χ0n) is 21.9. The van der Waals surface area contributed by atoms with E-state index in [4.69, 9.17) is 17.3 Å². The van der Waals surface area contributed by atoms with Crippen molar-refractivity contribution in [3.63, 3.8) is 0 Å². The van der Waals surface area contributed by atoms with Crippen molar-refractivity contribution in [1.29, 1.82) is 0 Å². The lowest BCUT2D eigenvalue weighted by molar-refractivity contribution is 0.102. The summed E-state index contributed by atoms with van der Waals surface area (Å²) in [5.41, 5.74) is 9.77. The van der Waals surface area contributed by atoms with E-state index in [1.807, 2.05) is 24.3 Å². The standard InChI is InChI=1S/C30H28ClN7O2/c1-36-14-11-22(12-15-36)38-17-25(26-27(32)33-18-34-28(26)38)19-7-9-21(10-8-19)35-29(39)24-6-3-13-37(30(24)40)23-5-2-4-20(31)16-23/h2-10,13,16-18,22H,11-12,14-15H2,1H3,(H,35,39)(H2,32,33,34). The third-order valence-electron chi connectivity index (χ3n) is 7.45. The van der Waals surface area contributed by atoms with E-state index in [0.717, 1.165) is 48.1 Å². The van der Waals surface area contributed by atoms with Crippen LogP contribution in [0.15, 0.2) is 84.2 Å². The van der Waals surface area contributed by atoms with Crippen LogP contribution < -0.4 is 16.6 Å². The van der Waals surface area contributed by atoms with Gasteiger partial charge in [-0.3, -0.25) is 14.2 Å². The molecule has 1 aliphatic heterocycles. The number of nitrogen functional groups attached to an aromatic ring is 1. The Labute approximate surface area is 235 Å². The molecule has 1 saturated heterocycles. The molecule has 5 aromatic rings. The van der Waals surface area contributed by atoms with Crippen LogP contribution in [0.1, 0.15) is 29.2 Å². The quantitative estimate of drug-likeness (QED) is 0.317. The summed E-state index contributed by atoms with van der Waals surface area (Å²) in [5, 5.41) is 4.16. The van der Waals surface area contributed by atoms with Crippen LogP contribution in [-0.4, -0.2) is 50.0 Å². The predicted molar refractivity (Wildman–Crippen MR) is 158 cm³/mol. The average molecular weight is 554 g/mol. The van der Waals surface area contributed by atoms with Gasteiger partial charge in [0.15, 0.2) is 0 Å². The first-order valence-electron chi connectivity index (χ1n) is 13.1. The second kappa shape index (κ2) is 10.6. The monoisotopic (exact) mass is 553 g/mol. The number of anilines is 2. The molecule has 4 heterocycles. The first kappa shape index (κ1) is 25.8. The summed E-state index contributed by atoms with van der Waals surface area (Å²) in [6.07, 6.45) is 7.30. The van der Waals surface area contributed by atoms with Crippen molar-refractivity contribution in [2.24, 2.45) is 0 Å². The van der Waals surface area contributed by atoms with Gasteiger partial charge in [-0.2, -0.15) is 0 Å². The highest BCUT2D eigenvalue weighted by Crippen LogP contribution is 2.36. The van der Waals surface area contributed by atoms with E-state index in [0.29, 0.717) is 28.3 Å². The maximum Gasteiger partial charge on any atom is 0.267 e. The Morgan fingerprint density at radius 3 is 2.58 bits per heavy atom. The molecule has 1 amide bonds. The molecule has 3 aromatic heterocycles. The van der Waals surface area contributed by atoms with E-state index in [-0.39, 0.29) is 5.56 Å². The summed E-state index contributed by atoms with van der Waals surface area (Å²) in [4.78, 5) is 37.3. The van der Waals surface area contributed by atoms with Gasteiger partial charge in [0.2, 0.25) is 0 Å². The van der Waals surface area contributed by atoms with Gasteiger partial charge in [-0.05, 0) is 81.0 Å². The fraction of sp³-hybridized carbons (Fsp3) is 0.200. The zero-order valence-corrected chi connectivity index (χ0v) is 22.7. The first-order chi connectivity index (χ1) is 19.4. The van der Waals surface area contributed by atoms with Crippen molar-refractivity contribution in [2.45, 2.75) is 18.9 Å². The number of piperidine rings is 1. The maximum atomic E-state index is 13.1. The minimum absolute atomic E-state index is 0.0256. The third-order valence-corrected chi connectivity index (χ3v) is 7.69. The molecule has 202 valence electrons. The number of nitrogens with two attached hydrogens (primary N) is 1. The van der Waals surface area contributed by atoms with Crippen LogP contribution in [0.4, 0.5) is 11.5 Å². The lowest BCUT2D eigenvalue weighted by Gasteiger charge is -2.30. The van der Waals surface area contributed by atoms with Crippen molar-refractivity contribution in [2.75, 3.05) is 31.2 Å². The minimum atomic E-state index is -0.495. The van der Waals surface area contributed by atoms with Gasteiger partial charge in [-0.1, -0.05) is 29.8 Å². The van der Waals surface area contributed by atoms with E-state index in [2.05, 4.69) is 38.0 Å². The number of carbonyl (C=O) groups is 1. The van der Waals surface area contributed by atoms with Gasteiger partial charge in [0, 0.05) is 34.7 Å². The highest BCUT2D eigenvalue weighted by molar-refractivity contribution is 6.30. The average Bonchev–Trinajstić information content (AvgIpc) is 3.35. The van der Waals surface area contributed by atoms with Crippen LogP contribution in [0.25, 0.3) is 27.8 Å². The van der Waals surface area contributed by atoms with Gasteiger partial charge < -0.3 is 20.5 Å². The summed E-state index contributed by atoms with van der Waals surface area (Å²) in [6.45, 7) is 2.06. The molecule has 40 heavy (non-hydrogen) atoms. The van der Waals surface area contributed by atoms with Gasteiger partial charge in [-0.15, -0.1) is 0 Å². The molecule has 0 unspecified atom stereocenters. The topological polar surface area (TPSA) is 111 Å². The first-order valence-corrected chi connectivity index (χ1v) is 13.5. The normalized spacial score (nSPS) is 14.4. The number of benzene rings is 2. The number of fused-ring (bicyclic) bond motifs is 1. The number of hydrogen-bond acceptors (Lipinski definition) is 6. The second-order valence-corrected chi connectivity index (χ2v) is 10.5. The number of rotatable bonds is 5. The molecule has 9 nitrogen and oxygen atoms in total. The molecule has 10 heteroatoms. The lowest BCUT2D eigenvalue weighted by Crippen LogP contribution is -2.31. The van der Waals surface area contributed by atoms with Gasteiger partial charge in [0.05, 0.1) is 11.1 Å². The van der Waals surface area contributed by atoms with Crippen LogP contribution in [0.3, 0.4) is 0 Å². The number of carbonyl (C=O) groups excluding carboxylic acids is 1. The van der Waals surface area contributed by atoms with E-state index < -0.39 is 11.5 Å². The lowest BCUT2D eigenvalue weighted by atomic mass is 10.1. The number of nitrogens with zero attached hydrogens (tertiary/aromatic N) is 5. The molecule has 3 N–H and O–H groups in total. The molecule has 0 atom stereocenters. The Hall–Kier alpha value is -4.47.